The van der Waals surface area contributed by atoms with Crippen molar-refractivity contribution in [1.29, 1.82) is 0 Å². The molecule has 0 aliphatic carbocycles. The Bertz CT molecular complexity index is 1450. The highest BCUT2D eigenvalue weighted by molar-refractivity contribution is 9.10. The average Bonchev–Trinajstić information content (AvgIpc) is 3.22. The smallest absolute Gasteiger partial charge is 0.416 e. The van der Waals surface area contributed by atoms with Crippen molar-refractivity contribution in [2.24, 2.45) is 0 Å². The van der Waals surface area contributed by atoms with Crippen LogP contribution >= 0.6 is 50.7 Å². The van der Waals surface area contributed by atoms with E-state index in [0.717, 1.165) is 4.90 Å². The highest BCUT2D eigenvalue weighted by atomic mass is 79.9. The van der Waals surface area contributed by atoms with Gasteiger partial charge in [0.15, 0.2) is 5.82 Å². The summed E-state index contributed by atoms with van der Waals surface area (Å²) in [6.45, 7) is 1.63. The summed E-state index contributed by atoms with van der Waals surface area (Å²) >= 11 is 22.2. The maximum Gasteiger partial charge on any atom is 0.416 e. The number of carbonyl (C=O) groups excluding carboxylic acids is 1. The maximum atomic E-state index is 13.5. The molecule has 0 atom stereocenters. The Morgan fingerprint density at radius 3 is 2.43 bits per heavy atom. The first-order valence-electron chi connectivity index (χ1n) is 9.93. The number of nitrogens with one attached hydrogen (secondary N) is 1. The highest BCUT2D eigenvalue weighted by Gasteiger charge is 2.27. The molecule has 0 bridgehead atoms. The molecule has 2 N–H and O–H groups in total. The van der Waals surface area contributed by atoms with E-state index in [0.29, 0.717) is 15.9 Å². The molecule has 2 heterocycles. The lowest BCUT2D eigenvalue weighted by Gasteiger charge is -2.25. The monoisotopic (exact) mass is 593 g/mol. The number of anilines is 3. The van der Waals surface area contributed by atoms with Gasteiger partial charge in [-0.15, -0.1) is 0 Å². The topological polar surface area (TPSA) is 100 Å². The van der Waals surface area contributed by atoms with Crippen LogP contribution in [0.15, 0.2) is 65.4 Å². The predicted octanol–water partition coefficient (Wildman–Crippen LogP) is 7.37. The molecule has 35 heavy (non-hydrogen) atoms. The van der Waals surface area contributed by atoms with Crippen molar-refractivity contribution in [3.63, 3.8) is 0 Å². The average molecular weight is 596 g/mol. The first-order valence-corrected chi connectivity index (χ1v) is 11.9. The zero-order valence-electron chi connectivity index (χ0n) is 17.8. The van der Waals surface area contributed by atoms with Gasteiger partial charge in [-0.1, -0.05) is 53.0 Å². The molecule has 4 aromatic rings. The molecule has 178 valence electrons. The minimum atomic E-state index is -1.28. The lowest BCUT2D eigenvalue weighted by atomic mass is 10.1. The largest absolute Gasteiger partial charge is 0.464 e. The molecule has 0 radical (unpaired) electrons. The van der Waals surface area contributed by atoms with Crippen LogP contribution in [0.1, 0.15) is 16.1 Å². The minimum absolute atomic E-state index is 0.0930. The van der Waals surface area contributed by atoms with E-state index in [2.05, 4.69) is 31.3 Å². The molecule has 0 aliphatic heterocycles. The van der Waals surface area contributed by atoms with Gasteiger partial charge in [-0.3, -0.25) is 4.79 Å². The number of nitrogens with zero attached hydrogens (tertiary/aromatic N) is 4. The van der Waals surface area contributed by atoms with Crippen molar-refractivity contribution >= 4 is 79.8 Å². The van der Waals surface area contributed by atoms with Crippen LogP contribution in [0.3, 0.4) is 0 Å². The maximum absolute atomic E-state index is 13.5. The zero-order chi connectivity index (χ0) is 25.3. The van der Waals surface area contributed by atoms with Gasteiger partial charge in [-0.05, 0) is 58.7 Å². The number of hydrogen-bond acceptors (Lipinski definition) is 4. The second-order valence-corrected chi connectivity index (χ2v) is 9.18. The molecule has 0 spiro atoms. The Kier molecular flexibility index (Phi) is 7.32. The van der Waals surface area contributed by atoms with Crippen LogP contribution < -0.4 is 10.2 Å². The van der Waals surface area contributed by atoms with Gasteiger partial charge in [0.25, 0.3) is 5.91 Å². The molecule has 2 amide bonds. The van der Waals surface area contributed by atoms with E-state index in [9.17, 15) is 14.7 Å². The highest BCUT2D eigenvalue weighted by Crippen LogP contribution is 2.42. The number of para-hydroxylation sites is 1. The van der Waals surface area contributed by atoms with Crippen LogP contribution in [-0.2, 0) is 0 Å². The van der Waals surface area contributed by atoms with Gasteiger partial charge < -0.3 is 10.4 Å². The molecule has 8 nitrogen and oxygen atoms in total. The van der Waals surface area contributed by atoms with Crippen LogP contribution in [0.4, 0.5) is 21.9 Å². The van der Waals surface area contributed by atoms with Crippen molar-refractivity contribution in [2.75, 3.05) is 10.2 Å². The molecular formula is C23H15BrCl3N5O3. The molecule has 0 saturated heterocycles. The quantitative estimate of drug-likeness (QED) is 0.251. The molecule has 2 aromatic heterocycles. The fourth-order valence-corrected chi connectivity index (χ4v) is 4.36. The van der Waals surface area contributed by atoms with Gasteiger partial charge >= 0.3 is 6.09 Å². The predicted molar refractivity (Wildman–Crippen MR) is 140 cm³/mol. The van der Waals surface area contributed by atoms with Crippen molar-refractivity contribution in [3.05, 3.63) is 91.7 Å². The summed E-state index contributed by atoms with van der Waals surface area (Å²) in [5.41, 5.74) is 1.10. The number of carbonyl (C=O) groups is 2. The van der Waals surface area contributed by atoms with Crippen molar-refractivity contribution in [3.8, 4) is 5.82 Å². The Morgan fingerprint density at radius 2 is 1.77 bits per heavy atom. The standard InChI is InChI=1S/C23H15BrCl3N5O3/c1-12-19(27)15(26)10-16(31(23(34)35)13-6-3-2-4-7-13)20(12)29-22(33)17-11-18(24)30-32(17)21-14(25)8-5-9-28-21/h2-11H,1H3,(H,29,33)(H,34,35). The van der Waals surface area contributed by atoms with E-state index in [1.54, 1.807) is 49.4 Å². The SMILES string of the molecule is Cc1c(Cl)c(Cl)cc(N(C(=O)O)c2ccccc2)c1NC(=O)c1cc(Br)nn1-c1ncccc1Cl. The summed E-state index contributed by atoms with van der Waals surface area (Å²) in [6.07, 6.45) is 0.238. The van der Waals surface area contributed by atoms with Gasteiger partial charge in [0.05, 0.1) is 32.1 Å². The number of amides is 2. The minimum Gasteiger partial charge on any atom is -0.464 e. The van der Waals surface area contributed by atoms with Gasteiger partial charge in [-0.25, -0.2) is 19.4 Å². The number of pyridine rings is 1. The second-order valence-electron chi connectivity index (χ2n) is 7.17. The molecule has 0 fully saturated rings. The van der Waals surface area contributed by atoms with E-state index >= 15 is 0 Å². The molecule has 2 aromatic carbocycles. The fourth-order valence-electron chi connectivity index (χ4n) is 3.39. The number of hydrogen-bond donors (Lipinski definition) is 2. The Morgan fingerprint density at radius 1 is 1.06 bits per heavy atom. The molecule has 12 heteroatoms. The van der Waals surface area contributed by atoms with E-state index in [1.807, 2.05) is 0 Å². The van der Waals surface area contributed by atoms with E-state index < -0.39 is 12.0 Å². The van der Waals surface area contributed by atoms with E-state index in [4.69, 9.17) is 34.8 Å². The van der Waals surface area contributed by atoms with Gasteiger partial charge in [0.1, 0.15) is 10.3 Å². The van der Waals surface area contributed by atoms with Gasteiger partial charge in [0, 0.05) is 12.3 Å². The zero-order valence-corrected chi connectivity index (χ0v) is 21.7. The third-order valence-electron chi connectivity index (χ3n) is 4.97. The first-order chi connectivity index (χ1) is 16.7. The first kappa shape index (κ1) is 25.0. The Hall–Kier alpha value is -3.11. The summed E-state index contributed by atoms with van der Waals surface area (Å²) < 4.78 is 1.65. The Balaban J connectivity index is 1.84. The summed E-state index contributed by atoms with van der Waals surface area (Å²) in [7, 11) is 0. The number of rotatable bonds is 5. The van der Waals surface area contributed by atoms with Crippen molar-refractivity contribution in [2.45, 2.75) is 6.92 Å². The van der Waals surface area contributed by atoms with Crippen LogP contribution in [0.5, 0.6) is 0 Å². The molecule has 0 saturated carbocycles. The summed E-state index contributed by atoms with van der Waals surface area (Å²) in [5, 5.41) is 17.7. The summed E-state index contributed by atoms with van der Waals surface area (Å²) in [5.74, 6) is -0.362. The van der Waals surface area contributed by atoms with Crippen LogP contribution in [-0.4, -0.2) is 31.9 Å². The normalized spacial score (nSPS) is 10.8. The molecule has 4 rings (SSSR count). The van der Waals surface area contributed by atoms with Gasteiger partial charge in [-0.2, -0.15) is 5.10 Å². The van der Waals surface area contributed by atoms with Gasteiger partial charge in [0.2, 0.25) is 0 Å². The molecule has 0 aliphatic rings. The van der Waals surface area contributed by atoms with Crippen molar-refractivity contribution in [1.82, 2.24) is 14.8 Å². The fraction of sp³-hybridized carbons (Fsp3) is 0.0435. The second kappa shape index (κ2) is 10.2. The summed E-state index contributed by atoms with van der Waals surface area (Å²) in [4.78, 5) is 31.0. The van der Waals surface area contributed by atoms with Crippen LogP contribution in [0.25, 0.3) is 5.82 Å². The lowest BCUT2D eigenvalue weighted by molar-refractivity contribution is 0.101. The number of halogens is 4. The number of carboxylic acid groups (broad SMARTS) is 1. The van der Waals surface area contributed by atoms with E-state index in [1.165, 1.54) is 23.0 Å². The van der Waals surface area contributed by atoms with E-state index in [-0.39, 0.29) is 38.0 Å². The third-order valence-corrected chi connectivity index (χ3v) is 6.53. The molecule has 0 unspecified atom stereocenters. The van der Waals surface area contributed by atoms with Crippen LogP contribution in [0, 0.1) is 6.92 Å². The third kappa shape index (κ3) is 4.99. The van der Waals surface area contributed by atoms with Crippen molar-refractivity contribution < 1.29 is 14.7 Å². The number of aromatic nitrogens is 3. The van der Waals surface area contributed by atoms with Crippen LogP contribution in [0.2, 0.25) is 15.1 Å². The summed E-state index contributed by atoms with van der Waals surface area (Å²) in [6, 6.07) is 14.5. The molecular weight excluding hydrogens is 581 g/mol. The lowest BCUT2D eigenvalue weighted by Crippen LogP contribution is -2.26. The Labute approximate surface area is 223 Å². The number of benzene rings is 2.